The fraction of sp³-hybridized carbons (Fsp3) is 0.214. The van der Waals surface area contributed by atoms with Crippen molar-refractivity contribution in [3.8, 4) is 0 Å². The van der Waals surface area contributed by atoms with Crippen molar-refractivity contribution < 1.29 is 0 Å². The number of H-pyrrole nitrogens is 1. The second-order valence-corrected chi connectivity index (χ2v) is 9.03. The molecule has 1 aliphatic heterocycles. The molecule has 2 aliphatic rings. The molecule has 0 radical (unpaired) electrons. The third kappa shape index (κ3) is 2.50. The highest BCUT2D eigenvalue weighted by molar-refractivity contribution is 5.95. The van der Waals surface area contributed by atoms with Crippen molar-refractivity contribution in [1.29, 1.82) is 0 Å². The molecule has 0 bridgehead atoms. The molecule has 3 unspecified atom stereocenters. The van der Waals surface area contributed by atoms with Crippen LogP contribution >= 0.6 is 0 Å². The molecule has 0 spiro atoms. The van der Waals surface area contributed by atoms with Gasteiger partial charge in [0, 0.05) is 33.8 Å². The second-order valence-electron chi connectivity index (χ2n) is 9.03. The monoisotopic (exact) mass is 390 g/mol. The first-order valence-electron chi connectivity index (χ1n) is 10.9. The largest absolute Gasteiger partial charge is 0.376 e. The molecule has 2 N–H and O–H groups in total. The summed E-state index contributed by atoms with van der Waals surface area (Å²) >= 11 is 0. The van der Waals surface area contributed by atoms with Gasteiger partial charge < -0.3 is 10.3 Å². The zero-order valence-corrected chi connectivity index (χ0v) is 17.4. The van der Waals surface area contributed by atoms with Crippen LogP contribution in [0.3, 0.4) is 0 Å². The number of nitrogens with one attached hydrogen (secondary N) is 2. The normalized spacial score (nSPS) is 24.8. The topological polar surface area (TPSA) is 27.8 Å². The van der Waals surface area contributed by atoms with Gasteiger partial charge >= 0.3 is 0 Å². The lowest BCUT2D eigenvalue weighted by atomic mass is 9.65. The molecule has 1 aromatic heterocycles. The van der Waals surface area contributed by atoms with Crippen molar-refractivity contribution in [2.45, 2.75) is 37.6 Å². The molecule has 4 aromatic rings. The van der Waals surface area contributed by atoms with E-state index in [1.54, 1.807) is 0 Å². The summed E-state index contributed by atoms with van der Waals surface area (Å²) < 4.78 is 0. The van der Waals surface area contributed by atoms with Crippen LogP contribution in [0.25, 0.3) is 16.5 Å². The molecule has 2 nitrogen and oxygen atoms in total. The maximum Gasteiger partial charge on any atom is 0.0609 e. The van der Waals surface area contributed by atoms with Gasteiger partial charge in [-0.2, -0.15) is 0 Å². The van der Waals surface area contributed by atoms with Crippen molar-refractivity contribution >= 4 is 22.2 Å². The number of aryl methyl sites for hydroxylation is 1. The van der Waals surface area contributed by atoms with Crippen molar-refractivity contribution in [2.75, 3.05) is 5.32 Å². The summed E-state index contributed by atoms with van der Waals surface area (Å²) in [6.45, 7) is 4.58. The Morgan fingerprint density at radius 2 is 1.60 bits per heavy atom. The zero-order valence-electron chi connectivity index (χ0n) is 17.4. The first-order valence-corrected chi connectivity index (χ1v) is 10.9. The molecule has 1 aliphatic carbocycles. The number of benzene rings is 3. The Bertz CT molecular complexity index is 1280. The lowest BCUT2D eigenvalue weighted by molar-refractivity contribution is 0.426. The molecule has 0 saturated heterocycles. The fourth-order valence-electron chi connectivity index (χ4n) is 5.98. The first-order chi connectivity index (χ1) is 14.6. The minimum absolute atomic E-state index is 0.109. The average Bonchev–Trinajstić information content (AvgIpc) is 3.26. The summed E-state index contributed by atoms with van der Waals surface area (Å²) in [6, 6.07) is 28.6. The van der Waals surface area contributed by atoms with Crippen LogP contribution in [-0.4, -0.2) is 10.5 Å². The Hall–Kier alpha value is -3.26. The van der Waals surface area contributed by atoms with Crippen molar-refractivity contribution in [2.24, 2.45) is 0 Å². The summed E-state index contributed by atoms with van der Waals surface area (Å²) in [7, 11) is 0. The van der Waals surface area contributed by atoms with Gasteiger partial charge in [0.2, 0.25) is 0 Å². The quantitative estimate of drug-likeness (QED) is 0.378. The van der Waals surface area contributed by atoms with E-state index in [1.165, 1.54) is 44.5 Å². The number of rotatable bonds is 2. The predicted molar refractivity (Wildman–Crippen MR) is 126 cm³/mol. The van der Waals surface area contributed by atoms with Crippen LogP contribution in [0.4, 0.5) is 5.69 Å². The van der Waals surface area contributed by atoms with E-state index in [1.807, 2.05) is 0 Å². The summed E-state index contributed by atoms with van der Waals surface area (Å²) in [5.74, 6) is 0.853. The molecule has 6 rings (SSSR count). The summed E-state index contributed by atoms with van der Waals surface area (Å²) in [5, 5.41) is 5.21. The number of para-hydroxylation sites is 2. The molecule has 30 heavy (non-hydrogen) atoms. The first kappa shape index (κ1) is 17.6. The molecule has 0 fully saturated rings. The number of fused-ring (bicyclic) bond motifs is 4. The second kappa shape index (κ2) is 6.37. The van der Waals surface area contributed by atoms with Gasteiger partial charge in [0.25, 0.3) is 0 Å². The van der Waals surface area contributed by atoms with E-state index in [0.29, 0.717) is 11.8 Å². The van der Waals surface area contributed by atoms with Crippen LogP contribution in [0.15, 0.2) is 84.9 Å². The van der Waals surface area contributed by atoms with E-state index in [9.17, 15) is 0 Å². The van der Waals surface area contributed by atoms with Crippen LogP contribution in [-0.2, 0) is 0 Å². The number of aromatic nitrogens is 1. The molecule has 2 heteroatoms. The minimum Gasteiger partial charge on any atom is -0.376 e. The Kier molecular flexibility index (Phi) is 3.73. The van der Waals surface area contributed by atoms with Crippen molar-refractivity contribution in [3.05, 3.63) is 107 Å². The minimum atomic E-state index is -0.109. The van der Waals surface area contributed by atoms with E-state index < -0.39 is 0 Å². The Morgan fingerprint density at radius 3 is 2.47 bits per heavy atom. The third-order valence-electron chi connectivity index (χ3n) is 7.10. The van der Waals surface area contributed by atoms with E-state index in [0.717, 1.165) is 6.42 Å². The highest BCUT2D eigenvalue weighted by atomic mass is 15.0. The van der Waals surface area contributed by atoms with E-state index in [2.05, 4.69) is 109 Å². The maximum atomic E-state index is 3.89. The van der Waals surface area contributed by atoms with Crippen LogP contribution in [0.1, 0.15) is 47.6 Å². The molecule has 148 valence electrons. The SMILES string of the molecule is Cc1[nH]c2ccccc2c1C1=CC2(C)Nc3ccccc3C2C(c2ccccc2)C1. The van der Waals surface area contributed by atoms with Crippen LogP contribution in [0.5, 0.6) is 0 Å². The molecule has 0 amide bonds. The summed E-state index contributed by atoms with van der Waals surface area (Å²) in [5.41, 5.74) is 9.34. The Balaban J connectivity index is 1.57. The van der Waals surface area contributed by atoms with Gasteiger partial charge in [-0.15, -0.1) is 0 Å². The third-order valence-corrected chi connectivity index (χ3v) is 7.10. The summed E-state index contributed by atoms with van der Waals surface area (Å²) in [4.78, 5) is 3.61. The maximum absolute atomic E-state index is 3.89. The number of aromatic amines is 1. The molecule has 3 aromatic carbocycles. The number of anilines is 1. The molecule has 0 saturated carbocycles. The average molecular weight is 391 g/mol. The number of hydrogen-bond acceptors (Lipinski definition) is 1. The van der Waals surface area contributed by atoms with E-state index >= 15 is 0 Å². The highest BCUT2D eigenvalue weighted by Gasteiger charge is 2.48. The van der Waals surface area contributed by atoms with Gasteiger partial charge in [0.05, 0.1) is 5.54 Å². The standard InChI is InChI=1S/C28H26N2/c1-18-26(21-12-6-8-14-24(21)29-18)20-16-23(19-10-4-3-5-11-19)27-22-13-7-9-15-25(22)30-28(27,2)17-20/h3-15,17,23,27,29-30H,16H2,1-2H3. The van der Waals surface area contributed by atoms with Crippen LogP contribution in [0.2, 0.25) is 0 Å². The lowest BCUT2D eigenvalue weighted by Crippen LogP contribution is -2.40. The van der Waals surface area contributed by atoms with Crippen LogP contribution < -0.4 is 5.32 Å². The lowest BCUT2D eigenvalue weighted by Gasteiger charge is -2.41. The van der Waals surface area contributed by atoms with E-state index in [-0.39, 0.29) is 5.54 Å². The van der Waals surface area contributed by atoms with Gasteiger partial charge in [-0.25, -0.2) is 0 Å². The summed E-state index contributed by atoms with van der Waals surface area (Å²) in [6.07, 6.45) is 3.56. The van der Waals surface area contributed by atoms with Gasteiger partial charge in [0.1, 0.15) is 0 Å². The van der Waals surface area contributed by atoms with Crippen LogP contribution in [0, 0.1) is 6.92 Å². The fourth-order valence-corrected chi connectivity index (χ4v) is 5.98. The number of allylic oxidation sites excluding steroid dienone is 1. The van der Waals surface area contributed by atoms with Crippen molar-refractivity contribution in [3.63, 3.8) is 0 Å². The van der Waals surface area contributed by atoms with Gasteiger partial charge in [-0.1, -0.05) is 72.8 Å². The predicted octanol–water partition coefficient (Wildman–Crippen LogP) is 7.02. The molecule has 3 atom stereocenters. The van der Waals surface area contributed by atoms with E-state index in [4.69, 9.17) is 0 Å². The zero-order chi connectivity index (χ0) is 20.3. The van der Waals surface area contributed by atoms with Crippen molar-refractivity contribution in [1.82, 2.24) is 4.98 Å². The Morgan fingerprint density at radius 1 is 0.867 bits per heavy atom. The smallest absolute Gasteiger partial charge is 0.0609 e. The van der Waals surface area contributed by atoms with Gasteiger partial charge in [0.15, 0.2) is 0 Å². The van der Waals surface area contributed by atoms with Gasteiger partial charge in [-0.3, -0.25) is 0 Å². The Labute approximate surface area is 177 Å². The molecular formula is C28H26N2. The van der Waals surface area contributed by atoms with Gasteiger partial charge in [-0.05, 0) is 55.0 Å². The molecule has 2 heterocycles. The number of hydrogen-bond donors (Lipinski definition) is 2. The highest BCUT2D eigenvalue weighted by Crippen LogP contribution is 2.57. The molecular weight excluding hydrogens is 364 g/mol.